The summed E-state index contributed by atoms with van der Waals surface area (Å²) < 4.78 is 2.22. The average molecular weight is 246 g/mol. The smallest absolute Gasteiger partial charge is 0.230 e. The van der Waals surface area contributed by atoms with Crippen LogP contribution < -0.4 is 19.1 Å². The highest BCUT2D eigenvalue weighted by Crippen LogP contribution is 1.78. The van der Waals surface area contributed by atoms with Gasteiger partial charge in [-0.15, -0.1) is 0 Å². The molecule has 0 atom stereocenters. The summed E-state index contributed by atoms with van der Waals surface area (Å²) in [5, 5.41) is 0. The van der Waals surface area contributed by atoms with Gasteiger partial charge in [-0.3, -0.25) is 0 Å². The van der Waals surface area contributed by atoms with E-state index in [1.165, 1.54) is 24.8 Å². The van der Waals surface area contributed by atoms with Gasteiger partial charge in [-0.25, -0.2) is 9.59 Å². The van der Waals surface area contributed by atoms with E-state index in [1.807, 2.05) is 0 Å². The van der Waals surface area contributed by atoms with Crippen LogP contribution in [-0.4, -0.2) is 11.9 Å². The Hall–Kier alpha value is -2.76. The van der Waals surface area contributed by atoms with Crippen LogP contribution in [0.1, 0.15) is 0 Å². The molecule has 18 heavy (non-hydrogen) atoms. The van der Waals surface area contributed by atoms with E-state index in [0.29, 0.717) is 0 Å². The maximum Gasteiger partial charge on any atom is 0.494 e. The van der Waals surface area contributed by atoms with Gasteiger partial charge in [0.05, 0.1) is 0 Å². The number of rotatable bonds is 2. The van der Waals surface area contributed by atoms with E-state index in [9.17, 15) is 9.59 Å². The number of hydrogen-bond donors (Lipinski definition) is 0. The number of hydrogen-bond acceptors (Lipinski definition) is 4. The Kier molecular flexibility index (Phi) is 3.60. The van der Waals surface area contributed by atoms with Crippen LogP contribution in [0.2, 0.25) is 0 Å². The molecule has 0 fully saturated rings. The van der Waals surface area contributed by atoms with Crippen molar-refractivity contribution >= 4 is 11.9 Å². The monoisotopic (exact) mass is 246 g/mol. The van der Waals surface area contributed by atoms with Gasteiger partial charge in [0, 0.05) is 33.7 Å². The molecule has 2 aromatic rings. The largest absolute Gasteiger partial charge is 0.494 e. The van der Waals surface area contributed by atoms with Gasteiger partial charge >= 0.3 is 11.9 Å². The van der Waals surface area contributed by atoms with Gasteiger partial charge < -0.3 is 0 Å². The van der Waals surface area contributed by atoms with Gasteiger partial charge in [0.15, 0.2) is 0 Å². The number of nitrogens with zero attached hydrogens (tertiary/aromatic N) is 2. The van der Waals surface area contributed by atoms with Crippen LogP contribution in [0.15, 0.2) is 61.2 Å². The Balaban J connectivity index is 1.96. The number of aromatic nitrogens is 2. The van der Waals surface area contributed by atoms with Crippen LogP contribution in [-0.2, 0) is 9.59 Å². The number of carbonyl (C=O) groups excluding carboxylic acids is 2. The Morgan fingerprint density at radius 3 is 1.28 bits per heavy atom. The summed E-state index contributed by atoms with van der Waals surface area (Å²) in [4.78, 5) is 32.2. The molecule has 0 aliphatic carbocycles. The lowest BCUT2D eigenvalue weighted by Crippen LogP contribution is -2.54. The molecule has 2 aromatic heterocycles. The lowest BCUT2D eigenvalue weighted by Gasteiger charge is -1.94. The average Bonchev–Trinajstić information content (AvgIpc) is 2.41. The molecular weight excluding hydrogens is 236 g/mol. The van der Waals surface area contributed by atoms with E-state index in [1.54, 1.807) is 36.4 Å². The van der Waals surface area contributed by atoms with Crippen molar-refractivity contribution in [3.8, 4) is 0 Å². The maximum atomic E-state index is 11.4. The molecule has 6 heteroatoms. The van der Waals surface area contributed by atoms with Gasteiger partial charge in [0.2, 0.25) is 24.8 Å². The molecule has 0 unspecified atom stereocenters. The van der Waals surface area contributed by atoms with Crippen LogP contribution >= 0.6 is 0 Å². The summed E-state index contributed by atoms with van der Waals surface area (Å²) in [6.07, 6.45) is 5.95. The van der Waals surface area contributed by atoms with Crippen molar-refractivity contribution in [1.82, 2.24) is 0 Å². The molecule has 0 amide bonds. The predicted molar refractivity (Wildman–Crippen MR) is 56.4 cm³/mol. The molecule has 0 aliphatic rings. The van der Waals surface area contributed by atoms with Crippen LogP contribution in [0.25, 0.3) is 0 Å². The van der Waals surface area contributed by atoms with Crippen molar-refractivity contribution in [1.29, 1.82) is 0 Å². The van der Waals surface area contributed by atoms with E-state index < -0.39 is 11.9 Å². The zero-order valence-electron chi connectivity index (χ0n) is 9.30. The minimum atomic E-state index is -1.11. The zero-order valence-corrected chi connectivity index (χ0v) is 9.30. The van der Waals surface area contributed by atoms with E-state index in [2.05, 4.69) is 0 Å². The first-order chi connectivity index (χ1) is 8.75. The first-order valence-corrected chi connectivity index (χ1v) is 5.13. The summed E-state index contributed by atoms with van der Waals surface area (Å²) in [7, 11) is 0. The van der Waals surface area contributed by atoms with Gasteiger partial charge in [-0.05, 0) is 0 Å². The highest BCUT2D eigenvalue weighted by molar-refractivity contribution is 6.29. The SMILES string of the molecule is O=C(O[n+]1ccccc1)C(=O)O[n+]1ccccc1. The van der Waals surface area contributed by atoms with Gasteiger partial charge in [-0.1, -0.05) is 12.1 Å². The third-order valence-electron chi connectivity index (χ3n) is 1.92. The molecule has 2 heterocycles. The minimum Gasteiger partial charge on any atom is -0.230 e. The molecular formula is C12H10N2O4+2. The number of pyridine rings is 2. The molecule has 0 saturated heterocycles. The fraction of sp³-hybridized carbons (Fsp3) is 0. The summed E-state index contributed by atoms with van der Waals surface area (Å²) in [6, 6.07) is 10.1. The van der Waals surface area contributed by atoms with Crippen molar-refractivity contribution in [3.05, 3.63) is 61.2 Å². The standard InChI is InChI=1S/C12H10N2O4/c15-11(17-13-7-3-1-4-8-13)12(16)18-14-9-5-2-6-10-14/h1-10H/q+2. The summed E-state index contributed by atoms with van der Waals surface area (Å²) >= 11 is 0. The van der Waals surface area contributed by atoms with Crippen molar-refractivity contribution in [2.75, 3.05) is 0 Å². The zero-order chi connectivity index (χ0) is 12.8. The fourth-order valence-corrected chi connectivity index (χ4v) is 1.15. The molecule has 90 valence electrons. The van der Waals surface area contributed by atoms with Crippen molar-refractivity contribution in [2.24, 2.45) is 0 Å². The van der Waals surface area contributed by atoms with Crippen LogP contribution in [0.4, 0.5) is 0 Å². The van der Waals surface area contributed by atoms with E-state index >= 15 is 0 Å². The van der Waals surface area contributed by atoms with Crippen molar-refractivity contribution in [2.45, 2.75) is 0 Å². The molecule has 2 rings (SSSR count). The topological polar surface area (TPSA) is 60.4 Å². The molecule has 0 bridgehead atoms. The molecule has 6 nitrogen and oxygen atoms in total. The maximum absolute atomic E-state index is 11.4. The Morgan fingerprint density at radius 2 is 0.944 bits per heavy atom. The lowest BCUT2D eigenvalue weighted by atomic mass is 10.5. The van der Waals surface area contributed by atoms with Crippen molar-refractivity contribution < 1.29 is 28.7 Å². The second-order valence-electron chi connectivity index (χ2n) is 3.23. The number of carbonyl (C=O) groups is 2. The normalized spacial score (nSPS) is 9.56. The van der Waals surface area contributed by atoms with E-state index in [-0.39, 0.29) is 0 Å². The third-order valence-corrected chi connectivity index (χ3v) is 1.92. The summed E-state index contributed by atoms with van der Waals surface area (Å²) in [5.41, 5.74) is 0. The Bertz CT molecular complexity index is 491. The van der Waals surface area contributed by atoms with Gasteiger partial charge in [0.1, 0.15) is 0 Å². The molecule has 0 aliphatic heterocycles. The van der Waals surface area contributed by atoms with Crippen molar-refractivity contribution in [3.63, 3.8) is 0 Å². The molecule has 0 spiro atoms. The first kappa shape index (κ1) is 11.7. The molecule has 0 N–H and O–H groups in total. The van der Waals surface area contributed by atoms with Crippen LogP contribution in [0.3, 0.4) is 0 Å². The van der Waals surface area contributed by atoms with E-state index in [0.717, 1.165) is 9.46 Å². The Morgan fingerprint density at radius 1 is 0.611 bits per heavy atom. The minimum absolute atomic E-state index is 1.11. The molecule has 0 saturated carbocycles. The van der Waals surface area contributed by atoms with Crippen LogP contribution in [0.5, 0.6) is 0 Å². The first-order valence-electron chi connectivity index (χ1n) is 5.13. The van der Waals surface area contributed by atoms with Crippen LogP contribution in [0, 0.1) is 0 Å². The summed E-state index contributed by atoms with van der Waals surface area (Å²) in [6.45, 7) is 0. The summed E-state index contributed by atoms with van der Waals surface area (Å²) in [5.74, 6) is -2.22. The third kappa shape index (κ3) is 3.11. The lowest BCUT2D eigenvalue weighted by molar-refractivity contribution is -0.876. The van der Waals surface area contributed by atoms with E-state index in [4.69, 9.17) is 9.68 Å². The second-order valence-corrected chi connectivity index (χ2v) is 3.23. The molecule has 0 aromatic carbocycles. The predicted octanol–water partition coefficient (Wildman–Crippen LogP) is -1.13. The second kappa shape index (κ2) is 5.53. The van der Waals surface area contributed by atoms with Gasteiger partial charge in [0.25, 0.3) is 0 Å². The highest BCUT2D eigenvalue weighted by Gasteiger charge is 2.27. The fourth-order valence-electron chi connectivity index (χ4n) is 1.15. The Labute approximate surface area is 103 Å². The highest BCUT2D eigenvalue weighted by atomic mass is 16.7. The molecule has 0 radical (unpaired) electrons. The quantitative estimate of drug-likeness (QED) is 0.497. The van der Waals surface area contributed by atoms with Gasteiger partial charge in [-0.2, -0.15) is 9.68 Å².